The van der Waals surface area contributed by atoms with Crippen molar-refractivity contribution in [2.75, 3.05) is 5.32 Å². The largest absolute Gasteiger partial charge is 0.366 e. The van der Waals surface area contributed by atoms with Crippen LogP contribution in [0.25, 0.3) is 10.2 Å². The van der Waals surface area contributed by atoms with E-state index in [0.717, 1.165) is 35.0 Å². The Morgan fingerprint density at radius 1 is 1.10 bits per heavy atom. The van der Waals surface area contributed by atoms with Crippen LogP contribution in [0.2, 0.25) is 0 Å². The minimum atomic E-state index is 0.652. The van der Waals surface area contributed by atoms with Crippen LogP contribution in [0.15, 0.2) is 17.8 Å². The number of anilines is 1. The molecule has 0 spiro atoms. The third kappa shape index (κ3) is 1.51. The molecule has 3 nitrogen and oxygen atoms in total. The number of hydrogen-bond donors (Lipinski definition) is 1. The molecule has 5 atom stereocenters. The van der Waals surface area contributed by atoms with Crippen molar-refractivity contribution in [1.29, 1.82) is 0 Å². The normalized spacial score (nSPS) is 38.5. The highest BCUT2D eigenvalue weighted by molar-refractivity contribution is 7.17. The molecular weight excluding hydrogens is 266 g/mol. The van der Waals surface area contributed by atoms with Crippen LogP contribution in [0, 0.1) is 23.7 Å². The van der Waals surface area contributed by atoms with E-state index in [1.54, 1.807) is 17.7 Å². The second kappa shape index (κ2) is 4.17. The molecule has 2 aromatic heterocycles. The molecule has 0 aromatic carbocycles. The van der Waals surface area contributed by atoms with Gasteiger partial charge >= 0.3 is 0 Å². The van der Waals surface area contributed by atoms with Gasteiger partial charge in [-0.05, 0) is 60.8 Å². The highest BCUT2D eigenvalue weighted by Crippen LogP contribution is 2.59. The van der Waals surface area contributed by atoms with Gasteiger partial charge in [0.1, 0.15) is 12.1 Å². The fraction of sp³-hybridized carbons (Fsp3) is 0.625. The smallest absolute Gasteiger partial charge is 0.147 e. The van der Waals surface area contributed by atoms with Crippen LogP contribution >= 0.6 is 11.3 Å². The molecule has 0 amide bonds. The summed E-state index contributed by atoms with van der Waals surface area (Å²) in [6, 6.07) is 2.74. The van der Waals surface area contributed by atoms with Gasteiger partial charge in [0.25, 0.3) is 0 Å². The second-order valence-corrected chi connectivity index (χ2v) is 7.68. The van der Waals surface area contributed by atoms with Gasteiger partial charge in [0.15, 0.2) is 0 Å². The van der Waals surface area contributed by atoms with E-state index in [1.807, 2.05) is 0 Å². The van der Waals surface area contributed by atoms with E-state index >= 15 is 0 Å². The molecule has 2 heterocycles. The van der Waals surface area contributed by atoms with Gasteiger partial charge in [-0.1, -0.05) is 6.42 Å². The average molecular weight is 285 g/mol. The zero-order valence-corrected chi connectivity index (χ0v) is 12.3. The molecule has 5 rings (SSSR count). The first-order valence-corrected chi connectivity index (χ1v) is 8.73. The monoisotopic (exact) mass is 285 g/mol. The maximum Gasteiger partial charge on any atom is 0.147 e. The lowest BCUT2D eigenvalue weighted by atomic mass is 9.79. The number of aromatic nitrogens is 2. The van der Waals surface area contributed by atoms with Gasteiger partial charge in [-0.3, -0.25) is 0 Å². The van der Waals surface area contributed by atoms with Gasteiger partial charge in [0.2, 0.25) is 0 Å². The van der Waals surface area contributed by atoms with Crippen molar-refractivity contribution in [2.45, 2.75) is 38.1 Å². The van der Waals surface area contributed by atoms with Crippen LogP contribution in [-0.4, -0.2) is 16.0 Å². The molecule has 3 fully saturated rings. The molecule has 0 saturated heterocycles. The first-order chi connectivity index (χ1) is 9.90. The highest BCUT2D eigenvalue weighted by atomic mass is 32.1. The van der Waals surface area contributed by atoms with Crippen LogP contribution in [-0.2, 0) is 0 Å². The maximum atomic E-state index is 4.50. The van der Waals surface area contributed by atoms with Crippen molar-refractivity contribution in [1.82, 2.24) is 9.97 Å². The maximum absolute atomic E-state index is 4.50. The Hall–Kier alpha value is -1.16. The fourth-order valence-electron chi connectivity index (χ4n) is 5.30. The number of nitrogens with zero attached hydrogens (tertiary/aromatic N) is 2. The number of nitrogens with one attached hydrogen (secondary N) is 1. The molecule has 5 unspecified atom stereocenters. The molecule has 1 N–H and O–H groups in total. The van der Waals surface area contributed by atoms with Crippen LogP contribution in [0.5, 0.6) is 0 Å². The van der Waals surface area contributed by atoms with E-state index in [-0.39, 0.29) is 0 Å². The van der Waals surface area contributed by atoms with Gasteiger partial charge in [0, 0.05) is 6.04 Å². The Morgan fingerprint density at radius 2 is 2.05 bits per heavy atom. The number of rotatable bonds is 2. The van der Waals surface area contributed by atoms with Crippen molar-refractivity contribution in [2.24, 2.45) is 23.7 Å². The second-order valence-electron chi connectivity index (χ2n) is 6.76. The molecule has 2 bridgehead atoms. The van der Waals surface area contributed by atoms with Crippen LogP contribution in [0.4, 0.5) is 5.82 Å². The molecule has 0 radical (unpaired) electrons. The summed E-state index contributed by atoms with van der Waals surface area (Å²) in [6.07, 6.45) is 8.97. The zero-order valence-electron chi connectivity index (χ0n) is 11.5. The van der Waals surface area contributed by atoms with Gasteiger partial charge < -0.3 is 5.32 Å². The van der Waals surface area contributed by atoms with Gasteiger partial charge in [0.05, 0.1) is 10.2 Å². The highest BCUT2D eigenvalue weighted by Gasteiger charge is 2.53. The van der Waals surface area contributed by atoms with Crippen molar-refractivity contribution in [3.8, 4) is 0 Å². The quantitative estimate of drug-likeness (QED) is 0.908. The van der Waals surface area contributed by atoms with E-state index in [1.165, 1.54) is 36.8 Å². The van der Waals surface area contributed by atoms with Gasteiger partial charge in [-0.25, -0.2) is 9.97 Å². The SMILES string of the molecule is c1nc(NC2CC3CC2C2CCCC32)c2sccc2n1. The number of fused-ring (bicyclic) bond motifs is 6. The average Bonchev–Trinajstić information content (AvgIpc) is 3.20. The molecule has 3 aliphatic rings. The molecule has 0 aliphatic heterocycles. The van der Waals surface area contributed by atoms with Crippen molar-refractivity contribution in [3.63, 3.8) is 0 Å². The Kier molecular flexibility index (Phi) is 2.40. The summed E-state index contributed by atoms with van der Waals surface area (Å²) < 4.78 is 1.22. The molecule has 3 aliphatic carbocycles. The van der Waals surface area contributed by atoms with Crippen molar-refractivity contribution < 1.29 is 0 Å². The summed E-state index contributed by atoms with van der Waals surface area (Å²) in [5.41, 5.74) is 1.08. The Bertz CT molecular complexity index is 652. The first kappa shape index (κ1) is 11.5. The molecule has 4 heteroatoms. The summed E-state index contributed by atoms with van der Waals surface area (Å²) in [5, 5.41) is 5.88. The summed E-state index contributed by atoms with van der Waals surface area (Å²) in [4.78, 5) is 8.84. The molecule has 2 aromatic rings. The Morgan fingerprint density at radius 3 is 3.05 bits per heavy atom. The summed E-state index contributed by atoms with van der Waals surface area (Å²) >= 11 is 1.75. The van der Waals surface area contributed by atoms with Crippen molar-refractivity contribution in [3.05, 3.63) is 17.8 Å². The molecule has 20 heavy (non-hydrogen) atoms. The Balaban J connectivity index is 1.44. The predicted molar refractivity (Wildman–Crippen MR) is 81.9 cm³/mol. The van der Waals surface area contributed by atoms with Crippen LogP contribution < -0.4 is 5.32 Å². The van der Waals surface area contributed by atoms with Gasteiger partial charge in [-0.15, -0.1) is 11.3 Å². The van der Waals surface area contributed by atoms with E-state index in [0.29, 0.717) is 6.04 Å². The molecular formula is C16H19N3S. The third-order valence-corrected chi connectivity index (χ3v) is 6.90. The Labute approximate surface area is 122 Å². The summed E-state index contributed by atoms with van der Waals surface area (Å²) in [7, 11) is 0. The predicted octanol–water partition coefficient (Wildman–Crippen LogP) is 3.93. The van der Waals surface area contributed by atoms with Crippen LogP contribution in [0.1, 0.15) is 32.1 Å². The van der Waals surface area contributed by atoms with Crippen molar-refractivity contribution >= 4 is 27.4 Å². The van der Waals surface area contributed by atoms with E-state index in [9.17, 15) is 0 Å². The fourth-order valence-corrected chi connectivity index (χ4v) is 6.10. The topological polar surface area (TPSA) is 37.8 Å². The number of thiophene rings is 1. The third-order valence-electron chi connectivity index (χ3n) is 5.99. The van der Waals surface area contributed by atoms with Gasteiger partial charge in [-0.2, -0.15) is 0 Å². The van der Waals surface area contributed by atoms with Crippen LogP contribution in [0.3, 0.4) is 0 Å². The lowest BCUT2D eigenvalue weighted by Crippen LogP contribution is -2.34. The zero-order chi connectivity index (χ0) is 13.1. The van der Waals surface area contributed by atoms with E-state index in [4.69, 9.17) is 0 Å². The minimum absolute atomic E-state index is 0.652. The minimum Gasteiger partial charge on any atom is -0.366 e. The first-order valence-electron chi connectivity index (χ1n) is 7.85. The van der Waals surface area contributed by atoms with E-state index in [2.05, 4.69) is 26.7 Å². The standard InChI is InChI=1S/C16H19N3S/c1-2-10-9-6-12(11(10)3-1)14(7-9)19-16-15-13(4-5-20-15)17-8-18-16/h4-5,8-12,14H,1-3,6-7H2,(H,17,18,19). The molecule has 3 saturated carbocycles. The molecule has 104 valence electrons. The lowest BCUT2D eigenvalue weighted by molar-refractivity contribution is 0.243. The summed E-state index contributed by atoms with van der Waals surface area (Å²) in [5.74, 6) is 5.03. The summed E-state index contributed by atoms with van der Waals surface area (Å²) in [6.45, 7) is 0. The number of hydrogen-bond acceptors (Lipinski definition) is 4. The lowest BCUT2D eigenvalue weighted by Gasteiger charge is -2.32. The van der Waals surface area contributed by atoms with E-state index < -0.39 is 0 Å².